The first-order valence-electron chi connectivity index (χ1n) is 5.39. The average molecular weight is 244 g/mol. The fourth-order valence-electron chi connectivity index (χ4n) is 0.994. The minimum absolute atomic E-state index is 0.524. The Morgan fingerprint density at radius 3 is 1.56 bits per heavy atom. The van der Waals surface area contributed by atoms with Crippen LogP contribution in [0.2, 0.25) is 0 Å². The Morgan fingerprint density at radius 1 is 0.938 bits per heavy atom. The maximum atomic E-state index is 11.3. The van der Waals surface area contributed by atoms with Crippen molar-refractivity contribution in [1.82, 2.24) is 0 Å². The molecule has 0 aliphatic rings. The van der Waals surface area contributed by atoms with Gasteiger partial charge in [0.25, 0.3) is 0 Å². The van der Waals surface area contributed by atoms with Gasteiger partial charge in [0.15, 0.2) is 0 Å². The first kappa shape index (κ1) is 15.4. The smallest absolute Gasteiger partial charge is 0.312 e. The van der Waals surface area contributed by atoms with E-state index in [1.54, 1.807) is 0 Å². The summed E-state index contributed by atoms with van der Waals surface area (Å²) < 4.78 is 20.7. The van der Waals surface area contributed by atoms with Gasteiger partial charge in [0.05, 0.1) is 6.16 Å². The second-order valence-electron chi connectivity index (χ2n) is 3.21. The molecular formula is C12H21O3P. The summed E-state index contributed by atoms with van der Waals surface area (Å²) in [6, 6.07) is 12.0. The molecule has 0 saturated carbocycles. The molecule has 0 aliphatic carbocycles. The van der Waals surface area contributed by atoms with E-state index >= 15 is 0 Å². The van der Waals surface area contributed by atoms with Gasteiger partial charge in [0.1, 0.15) is 0 Å². The molecule has 0 N–H and O–H groups in total. The Hall–Kier alpha value is -0.630. The van der Waals surface area contributed by atoms with Crippen molar-refractivity contribution in [3.05, 3.63) is 36.4 Å². The SMILES string of the molecule is CCCCP(=O)(OC)OC.c1ccccc1. The van der Waals surface area contributed by atoms with E-state index in [4.69, 9.17) is 9.05 Å². The molecule has 0 fully saturated rings. The van der Waals surface area contributed by atoms with Crippen LogP contribution in [0.15, 0.2) is 36.4 Å². The maximum Gasteiger partial charge on any atom is 0.330 e. The Bertz CT molecular complexity index is 253. The van der Waals surface area contributed by atoms with Crippen molar-refractivity contribution in [1.29, 1.82) is 0 Å². The van der Waals surface area contributed by atoms with Crippen molar-refractivity contribution in [2.24, 2.45) is 0 Å². The van der Waals surface area contributed by atoms with Crippen molar-refractivity contribution in [3.8, 4) is 0 Å². The number of unbranched alkanes of at least 4 members (excludes halogenated alkanes) is 1. The molecule has 3 nitrogen and oxygen atoms in total. The second kappa shape index (κ2) is 9.59. The van der Waals surface area contributed by atoms with Crippen molar-refractivity contribution < 1.29 is 13.6 Å². The van der Waals surface area contributed by atoms with Gasteiger partial charge in [-0.25, -0.2) is 0 Å². The van der Waals surface area contributed by atoms with Crippen LogP contribution in [-0.4, -0.2) is 20.4 Å². The van der Waals surface area contributed by atoms with Gasteiger partial charge in [-0.3, -0.25) is 4.57 Å². The topological polar surface area (TPSA) is 35.5 Å². The van der Waals surface area contributed by atoms with Crippen LogP contribution >= 0.6 is 7.60 Å². The van der Waals surface area contributed by atoms with Crippen LogP contribution in [-0.2, 0) is 13.6 Å². The zero-order valence-electron chi connectivity index (χ0n) is 10.3. The number of rotatable bonds is 5. The fourth-order valence-corrected chi connectivity index (χ4v) is 2.21. The minimum Gasteiger partial charge on any atom is -0.312 e. The van der Waals surface area contributed by atoms with Crippen LogP contribution < -0.4 is 0 Å². The molecule has 0 unspecified atom stereocenters. The number of hydrogen-bond donors (Lipinski definition) is 0. The Kier molecular flexibility index (Phi) is 9.21. The molecule has 1 aromatic rings. The number of benzene rings is 1. The number of hydrogen-bond acceptors (Lipinski definition) is 3. The molecule has 0 bridgehead atoms. The van der Waals surface area contributed by atoms with Gasteiger partial charge in [0.2, 0.25) is 0 Å². The van der Waals surface area contributed by atoms with Crippen LogP contribution in [0.4, 0.5) is 0 Å². The lowest BCUT2D eigenvalue weighted by molar-refractivity contribution is 0.275. The van der Waals surface area contributed by atoms with Crippen LogP contribution in [0.25, 0.3) is 0 Å². The van der Waals surface area contributed by atoms with E-state index in [1.807, 2.05) is 43.3 Å². The molecule has 0 aromatic heterocycles. The third-order valence-electron chi connectivity index (χ3n) is 2.01. The molecule has 1 aromatic carbocycles. The van der Waals surface area contributed by atoms with Gasteiger partial charge in [0, 0.05) is 14.2 Å². The normalized spacial score (nSPS) is 10.4. The van der Waals surface area contributed by atoms with Crippen molar-refractivity contribution in [2.45, 2.75) is 19.8 Å². The second-order valence-corrected chi connectivity index (χ2v) is 5.61. The molecule has 1 rings (SSSR count). The minimum atomic E-state index is -2.70. The molecule has 0 spiro atoms. The van der Waals surface area contributed by atoms with E-state index in [0.29, 0.717) is 6.16 Å². The molecule has 0 amide bonds. The van der Waals surface area contributed by atoms with E-state index in [2.05, 4.69) is 0 Å². The maximum absolute atomic E-state index is 11.3. The third kappa shape index (κ3) is 7.63. The van der Waals surface area contributed by atoms with Crippen molar-refractivity contribution >= 4 is 7.60 Å². The lowest BCUT2D eigenvalue weighted by Crippen LogP contribution is -1.93. The molecule has 0 atom stereocenters. The summed E-state index contributed by atoms with van der Waals surface area (Å²) in [4.78, 5) is 0. The third-order valence-corrected chi connectivity index (χ3v) is 3.99. The summed E-state index contributed by atoms with van der Waals surface area (Å²) in [6.45, 7) is 2.04. The fraction of sp³-hybridized carbons (Fsp3) is 0.500. The van der Waals surface area contributed by atoms with Gasteiger partial charge in [-0.2, -0.15) is 0 Å². The van der Waals surface area contributed by atoms with Gasteiger partial charge in [-0.1, -0.05) is 49.7 Å². The van der Waals surface area contributed by atoms with Crippen LogP contribution in [0.5, 0.6) is 0 Å². The van der Waals surface area contributed by atoms with Crippen molar-refractivity contribution in [2.75, 3.05) is 20.4 Å². The summed E-state index contributed by atoms with van der Waals surface area (Å²) in [5.74, 6) is 0. The van der Waals surface area contributed by atoms with E-state index in [9.17, 15) is 4.57 Å². The van der Waals surface area contributed by atoms with E-state index in [0.717, 1.165) is 12.8 Å². The highest BCUT2D eigenvalue weighted by atomic mass is 31.2. The van der Waals surface area contributed by atoms with Crippen molar-refractivity contribution in [3.63, 3.8) is 0 Å². The molecule has 0 aliphatic heterocycles. The Morgan fingerprint density at radius 2 is 1.31 bits per heavy atom. The van der Waals surface area contributed by atoms with Gasteiger partial charge < -0.3 is 9.05 Å². The van der Waals surface area contributed by atoms with E-state index < -0.39 is 7.60 Å². The van der Waals surface area contributed by atoms with Crippen LogP contribution in [0, 0.1) is 0 Å². The Balaban J connectivity index is 0.000000315. The standard InChI is InChI=1S/C6H15O3P.C6H6/c1-4-5-6-10(7,8-2)9-3;1-2-4-6-5-3-1/h4-6H2,1-3H3;1-6H. The molecular weight excluding hydrogens is 223 g/mol. The molecule has 0 saturated heterocycles. The molecule has 0 heterocycles. The van der Waals surface area contributed by atoms with Gasteiger partial charge >= 0.3 is 7.60 Å². The molecule has 16 heavy (non-hydrogen) atoms. The Labute approximate surface area is 98.3 Å². The summed E-state index contributed by atoms with van der Waals surface area (Å²) in [5.41, 5.74) is 0. The largest absolute Gasteiger partial charge is 0.330 e. The lowest BCUT2D eigenvalue weighted by atomic mass is 10.4. The molecule has 4 heteroatoms. The monoisotopic (exact) mass is 244 g/mol. The highest BCUT2D eigenvalue weighted by Gasteiger charge is 2.18. The predicted octanol–water partition coefficient (Wildman–Crippen LogP) is 3.96. The zero-order chi connectivity index (χ0) is 12.3. The first-order valence-corrected chi connectivity index (χ1v) is 7.12. The molecule has 92 valence electrons. The highest BCUT2D eigenvalue weighted by Crippen LogP contribution is 2.46. The summed E-state index contributed by atoms with van der Waals surface area (Å²) in [5, 5.41) is 0. The van der Waals surface area contributed by atoms with Gasteiger partial charge in [-0.15, -0.1) is 0 Å². The summed E-state index contributed by atoms with van der Waals surface area (Å²) in [7, 11) is 0.136. The average Bonchev–Trinajstić information content (AvgIpc) is 2.39. The first-order chi connectivity index (χ1) is 7.68. The van der Waals surface area contributed by atoms with E-state index in [-0.39, 0.29) is 0 Å². The van der Waals surface area contributed by atoms with Crippen LogP contribution in [0.3, 0.4) is 0 Å². The quantitative estimate of drug-likeness (QED) is 0.735. The summed E-state index contributed by atoms with van der Waals surface area (Å²) >= 11 is 0. The molecule has 0 radical (unpaired) electrons. The highest BCUT2D eigenvalue weighted by molar-refractivity contribution is 7.53. The van der Waals surface area contributed by atoms with E-state index in [1.165, 1.54) is 14.2 Å². The summed E-state index contributed by atoms with van der Waals surface area (Å²) in [6.07, 6.45) is 2.42. The zero-order valence-corrected chi connectivity index (χ0v) is 11.2. The van der Waals surface area contributed by atoms with Gasteiger partial charge in [-0.05, 0) is 6.42 Å². The predicted molar refractivity (Wildman–Crippen MR) is 67.8 cm³/mol. The van der Waals surface area contributed by atoms with Crippen LogP contribution in [0.1, 0.15) is 19.8 Å². The lowest BCUT2D eigenvalue weighted by Gasteiger charge is -2.11.